The van der Waals surface area contributed by atoms with Crippen molar-refractivity contribution < 1.29 is 4.79 Å². The van der Waals surface area contributed by atoms with Crippen molar-refractivity contribution in [2.24, 2.45) is 0 Å². The first-order chi connectivity index (χ1) is 10.1. The highest BCUT2D eigenvalue weighted by atomic mass is 16.2. The molecular formula is C17H29N3O. The predicted molar refractivity (Wildman–Crippen MR) is 87.4 cm³/mol. The van der Waals surface area contributed by atoms with E-state index < -0.39 is 0 Å². The summed E-state index contributed by atoms with van der Waals surface area (Å²) >= 11 is 0. The lowest BCUT2D eigenvalue weighted by Gasteiger charge is -2.27. The Bertz CT molecular complexity index is 434. The molecule has 1 atom stereocenters. The second-order valence-corrected chi connectivity index (χ2v) is 5.60. The van der Waals surface area contributed by atoms with E-state index in [1.807, 2.05) is 13.0 Å². The number of hydrogen-bond acceptors (Lipinski definition) is 3. The van der Waals surface area contributed by atoms with Crippen molar-refractivity contribution >= 4 is 11.9 Å². The van der Waals surface area contributed by atoms with Gasteiger partial charge in [-0.25, -0.2) is 9.97 Å². The lowest BCUT2D eigenvalue weighted by atomic mass is 10.1. The zero-order valence-electron chi connectivity index (χ0n) is 13.9. The number of nitrogens with zero attached hydrogens (tertiary/aromatic N) is 3. The molecule has 0 aliphatic rings. The van der Waals surface area contributed by atoms with Crippen LogP contribution in [0.15, 0.2) is 12.3 Å². The normalized spacial score (nSPS) is 12.2. The maximum absolute atomic E-state index is 12.4. The second-order valence-electron chi connectivity index (χ2n) is 5.60. The predicted octanol–water partition coefficient (Wildman–Crippen LogP) is 4.14. The van der Waals surface area contributed by atoms with Crippen molar-refractivity contribution in [1.29, 1.82) is 0 Å². The van der Waals surface area contributed by atoms with E-state index >= 15 is 0 Å². The first-order valence-corrected chi connectivity index (χ1v) is 8.27. The molecule has 0 radical (unpaired) electrons. The molecule has 1 aromatic heterocycles. The Kier molecular flexibility index (Phi) is 7.95. The third-order valence-electron chi connectivity index (χ3n) is 3.58. The molecule has 118 valence electrons. The van der Waals surface area contributed by atoms with Crippen LogP contribution in [0.4, 0.5) is 5.95 Å². The van der Waals surface area contributed by atoms with E-state index in [1.165, 1.54) is 0 Å². The first-order valence-electron chi connectivity index (χ1n) is 8.27. The minimum Gasteiger partial charge on any atom is -0.278 e. The highest BCUT2D eigenvalue weighted by Gasteiger charge is 2.23. The summed E-state index contributed by atoms with van der Waals surface area (Å²) in [7, 11) is 0. The summed E-state index contributed by atoms with van der Waals surface area (Å²) in [5.41, 5.74) is 1.03. The molecule has 0 aliphatic carbocycles. The van der Waals surface area contributed by atoms with Crippen molar-refractivity contribution in [3.05, 3.63) is 18.0 Å². The van der Waals surface area contributed by atoms with Gasteiger partial charge in [-0.15, -0.1) is 0 Å². The standard InChI is InChI=1S/C17H29N3O/c1-5-8-11-15-12-13-18-17(19-15)20(14(4)9-6-2)16(21)10-7-3/h12-14H,5-11H2,1-4H3. The SMILES string of the molecule is CCCCc1ccnc(N(C(=O)CCC)C(C)CCC)n1. The number of carbonyl (C=O) groups is 1. The highest BCUT2D eigenvalue weighted by molar-refractivity contribution is 5.92. The van der Waals surface area contributed by atoms with Gasteiger partial charge >= 0.3 is 0 Å². The van der Waals surface area contributed by atoms with Crippen LogP contribution >= 0.6 is 0 Å². The van der Waals surface area contributed by atoms with Crippen LogP contribution in [0.3, 0.4) is 0 Å². The molecule has 0 saturated heterocycles. The smallest absolute Gasteiger partial charge is 0.232 e. The molecule has 0 aliphatic heterocycles. The molecule has 4 nitrogen and oxygen atoms in total. The summed E-state index contributed by atoms with van der Waals surface area (Å²) in [4.78, 5) is 23.2. The number of aryl methyl sites for hydroxylation is 1. The van der Waals surface area contributed by atoms with E-state index in [1.54, 1.807) is 11.1 Å². The Labute approximate surface area is 129 Å². The molecular weight excluding hydrogens is 262 g/mol. The number of aromatic nitrogens is 2. The summed E-state index contributed by atoms with van der Waals surface area (Å²) in [5.74, 6) is 0.703. The van der Waals surface area contributed by atoms with Gasteiger partial charge in [-0.2, -0.15) is 0 Å². The van der Waals surface area contributed by atoms with Gasteiger partial charge in [-0.05, 0) is 38.7 Å². The van der Waals surface area contributed by atoms with Crippen LogP contribution < -0.4 is 4.90 Å². The molecule has 21 heavy (non-hydrogen) atoms. The van der Waals surface area contributed by atoms with E-state index in [0.29, 0.717) is 12.4 Å². The Morgan fingerprint density at radius 1 is 1.24 bits per heavy atom. The van der Waals surface area contributed by atoms with Crippen molar-refractivity contribution in [2.45, 2.75) is 78.7 Å². The minimum atomic E-state index is 0.131. The number of amides is 1. The zero-order chi connectivity index (χ0) is 15.7. The molecule has 1 aromatic rings. The minimum absolute atomic E-state index is 0.131. The van der Waals surface area contributed by atoms with Crippen molar-refractivity contribution in [1.82, 2.24) is 9.97 Å². The molecule has 0 saturated carbocycles. The Morgan fingerprint density at radius 3 is 2.62 bits per heavy atom. The Balaban J connectivity index is 2.98. The summed E-state index contributed by atoms with van der Waals surface area (Å²) in [6.07, 6.45) is 8.40. The molecule has 4 heteroatoms. The van der Waals surface area contributed by atoms with E-state index in [0.717, 1.165) is 44.2 Å². The van der Waals surface area contributed by atoms with Crippen LogP contribution in [-0.2, 0) is 11.2 Å². The molecule has 0 aromatic carbocycles. The molecule has 0 N–H and O–H groups in total. The molecule has 0 fully saturated rings. The summed E-state index contributed by atoms with van der Waals surface area (Å²) in [6.45, 7) is 8.41. The van der Waals surface area contributed by atoms with Crippen molar-refractivity contribution in [3.63, 3.8) is 0 Å². The number of anilines is 1. The van der Waals surface area contributed by atoms with Gasteiger partial charge in [-0.3, -0.25) is 9.69 Å². The molecule has 1 unspecified atom stereocenters. The van der Waals surface area contributed by atoms with Gasteiger partial charge < -0.3 is 0 Å². The zero-order valence-corrected chi connectivity index (χ0v) is 13.9. The second kappa shape index (κ2) is 9.48. The average Bonchev–Trinajstić information content (AvgIpc) is 2.46. The van der Waals surface area contributed by atoms with Crippen LogP contribution in [-0.4, -0.2) is 21.9 Å². The topological polar surface area (TPSA) is 46.1 Å². The Morgan fingerprint density at radius 2 is 2.00 bits per heavy atom. The molecule has 0 spiro atoms. The molecule has 1 amide bonds. The van der Waals surface area contributed by atoms with Gasteiger partial charge in [0.25, 0.3) is 0 Å². The van der Waals surface area contributed by atoms with Crippen LogP contribution in [0.1, 0.15) is 71.9 Å². The van der Waals surface area contributed by atoms with E-state index in [4.69, 9.17) is 0 Å². The van der Waals surface area contributed by atoms with Crippen molar-refractivity contribution in [3.8, 4) is 0 Å². The van der Waals surface area contributed by atoms with Crippen LogP contribution in [0, 0.1) is 0 Å². The first kappa shape index (κ1) is 17.6. The lowest BCUT2D eigenvalue weighted by molar-refractivity contribution is -0.119. The maximum Gasteiger partial charge on any atom is 0.232 e. The van der Waals surface area contributed by atoms with Gasteiger partial charge in [0.05, 0.1) is 0 Å². The monoisotopic (exact) mass is 291 g/mol. The van der Waals surface area contributed by atoms with Crippen LogP contribution in [0.25, 0.3) is 0 Å². The number of rotatable bonds is 9. The van der Waals surface area contributed by atoms with Crippen LogP contribution in [0.5, 0.6) is 0 Å². The van der Waals surface area contributed by atoms with Gasteiger partial charge in [-0.1, -0.05) is 33.6 Å². The summed E-state index contributed by atoms with van der Waals surface area (Å²) in [6, 6.07) is 2.10. The van der Waals surface area contributed by atoms with Gasteiger partial charge in [0, 0.05) is 24.4 Å². The van der Waals surface area contributed by atoms with E-state index in [-0.39, 0.29) is 11.9 Å². The fourth-order valence-corrected chi connectivity index (χ4v) is 2.43. The maximum atomic E-state index is 12.4. The van der Waals surface area contributed by atoms with Gasteiger partial charge in [0.2, 0.25) is 11.9 Å². The lowest BCUT2D eigenvalue weighted by Crippen LogP contribution is -2.40. The summed E-state index contributed by atoms with van der Waals surface area (Å²) in [5, 5.41) is 0. The largest absolute Gasteiger partial charge is 0.278 e. The number of hydrogen-bond donors (Lipinski definition) is 0. The molecule has 0 bridgehead atoms. The highest BCUT2D eigenvalue weighted by Crippen LogP contribution is 2.17. The fourth-order valence-electron chi connectivity index (χ4n) is 2.43. The van der Waals surface area contributed by atoms with Crippen molar-refractivity contribution in [2.75, 3.05) is 4.90 Å². The number of unbranched alkanes of at least 4 members (excludes halogenated alkanes) is 1. The third kappa shape index (κ3) is 5.44. The van der Waals surface area contributed by atoms with E-state index in [2.05, 4.69) is 30.7 Å². The van der Waals surface area contributed by atoms with Gasteiger partial charge in [0.1, 0.15) is 0 Å². The molecule has 1 heterocycles. The third-order valence-corrected chi connectivity index (χ3v) is 3.58. The quantitative estimate of drug-likeness (QED) is 0.687. The fraction of sp³-hybridized carbons (Fsp3) is 0.706. The van der Waals surface area contributed by atoms with Crippen LogP contribution in [0.2, 0.25) is 0 Å². The Hall–Kier alpha value is -1.45. The molecule has 1 rings (SSSR count). The van der Waals surface area contributed by atoms with Gasteiger partial charge in [0.15, 0.2) is 0 Å². The average molecular weight is 291 g/mol. The number of carbonyl (C=O) groups excluding carboxylic acids is 1. The van der Waals surface area contributed by atoms with E-state index in [9.17, 15) is 4.79 Å². The summed E-state index contributed by atoms with van der Waals surface area (Å²) < 4.78 is 0.